The summed E-state index contributed by atoms with van der Waals surface area (Å²) in [6.45, 7) is 0.308. The molecule has 2 aliphatic rings. The average molecular weight is 431 g/mol. The lowest BCUT2D eigenvalue weighted by Crippen LogP contribution is -2.30. The van der Waals surface area contributed by atoms with Gasteiger partial charge in [0.25, 0.3) is 5.91 Å². The van der Waals surface area contributed by atoms with Gasteiger partial charge in [0.2, 0.25) is 12.5 Å². The van der Waals surface area contributed by atoms with Gasteiger partial charge in [-0.2, -0.15) is 0 Å². The normalized spacial score (nSPS) is 16.8. The minimum Gasteiger partial charge on any atom is -0.493 e. The third-order valence-electron chi connectivity index (χ3n) is 4.21. The summed E-state index contributed by atoms with van der Waals surface area (Å²) in [4.78, 5) is 26.1. The minimum atomic E-state index is -0.457. The Kier molecular flexibility index (Phi) is 4.49. The molecule has 1 fully saturated rings. The number of nitrogens with zero attached hydrogens (tertiary/aromatic N) is 1. The molecule has 1 saturated heterocycles. The lowest BCUT2D eigenvalue weighted by molar-refractivity contribution is -0.123. The molecule has 0 aromatic heterocycles. The van der Waals surface area contributed by atoms with Crippen LogP contribution in [0.4, 0.5) is 4.79 Å². The standard InChI is InChI=1S/C19H15BrN2O5/c1-25-15-7-12(8-16-17(15)27-10-26-16)6-14-18(23)22(19(24)21-14)9-11-2-4-13(20)5-3-11/h2-8H,9-10H2,1H3,(H,21,24)/b14-6+. The predicted octanol–water partition coefficient (Wildman–Crippen LogP) is 3.28. The number of carbonyl (C=O) groups excluding carboxylic acids is 2. The zero-order valence-corrected chi connectivity index (χ0v) is 15.9. The second-order valence-corrected chi connectivity index (χ2v) is 6.88. The second-order valence-electron chi connectivity index (χ2n) is 5.96. The number of amides is 3. The molecule has 0 bridgehead atoms. The van der Waals surface area contributed by atoms with Crippen LogP contribution < -0.4 is 19.5 Å². The molecule has 2 heterocycles. The van der Waals surface area contributed by atoms with Crippen molar-refractivity contribution in [3.05, 3.63) is 57.7 Å². The molecule has 27 heavy (non-hydrogen) atoms. The molecule has 0 unspecified atom stereocenters. The molecule has 3 amide bonds. The van der Waals surface area contributed by atoms with Gasteiger partial charge in [-0.3, -0.25) is 9.69 Å². The van der Waals surface area contributed by atoms with Gasteiger partial charge in [0.05, 0.1) is 13.7 Å². The van der Waals surface area contributed by atoms with Crippen molar-refractivity contribution < 1.29 is 23.8 Å². The third kappa shape index (κ3) is 3.35. The summed E-state index contributed by atoms with van der Waals surface area (Å²) in [5.41, 5.74) is 1.70. The number of urea groups is 1. The van der Waals surface area contributed by atoms with Crippen molar-refractivity contribution in [2.45, 2.75) is 6.54 Å². The Morgan fingerprint density at radius 1 is 1.22 bits per heavy atom. The fourth-order valence-corrected chi connectivity index (χ4v) is 3.15. The fourth-order valence-electron chi connectivity index (χ4n) is 2.89. The van der Waals surface area contributed by atoms with Gasteiger partial charge >= 0.3 is 6.03 Å². The van der Waals surface area contributed by atoms with E-state index in [1.54, 1.807) is 18.2 Å². The number of nitrogens with one attached hydrogen (secondary N) is 1. The number of methoxy groups -OCH3 is 1. The topological polar surface area (TPSA) is 77.1 Å². The molecule has 138 valence electrons. The Morgan fingerprint density at radius 2 is 2.00 bits per heavy atom. The summed E-state index contributed by atoms with van der Waals surface area (Å²) in [7, 11) is 1.52. The quantitative estimate of drug-likeness (QED) is 0.594. The summed E-state index contributed by atoms with van der Waals surface area (Å²) in [6, 6.07) is 10.4. The number of ether oxygens (including phenoxy) is 3. The summed E-state index contributed by atoms with van der Waals surface area (Å²) in [5.74, 6) is 1.17. The van der Waals surface area contributed by atoms with E-state index in [9.17, 15) is 9.59 Å². The maximum Gasteiger partial charge on any atom is 0.329 e. The van der Waals surface area contributed by atoms with E-state index in [1.807, 2.05) is 24.3 Å². The van der Waals surface area contributed by atoms with Gasteiger partial charge in [-0.25, -0.2) is 4.79 Å². The molecular weight excluding hydrogens is 416 g/mol. The van der Waals surface area contributed by atoms with Gasteiger partial charge in [0.15, 0.2) is 11.5 Å². The Morgan fingerprint density at radius 3 is 2.74 bits per heavy atom. The molecular formula is C19H15BrN2O5. The van der Waals surface area contributed by atoms with Crippen LogP contribution in [0.15, 0.2) is 46.6 Å². The third-order valence-corrected chi connectivity index (χ3v) is 4.74. The van der Waals surface area contributed by atoms with Crippen molar-refractivity contribution in [1.82, 2.24) is 10.2 Å². The van der Waals surface area contributed by atoms with Crippen molar-refractivity contribution in [1.29, 1.82) is 0 Å². The lowest BCUT2D eigenvalue weighted by Gasteiger charge is -2.11. The van der Waals surface area contributed by atoms with Crippen molar-refractivity contribution in [3.63, 3.8) is 0 Å². The molecule has 0 saturated carbocycles. The Balaban J connectivity index is 1.59. The summed E-state index contributed by atoms with van der Waals surface area (Å²) in [6.07, 6.45) is 1.59. The number of halogens is 1. The molecule has 2 aromatic rings. The van der Waals surface area contributed by atoms with Crippen LogP contribution in [0.5, 0.6) is 17.2 Å². The highest BCUT2D eigenvalue weighted by molar-refractivity contribution is 9.10. The first-order valence-corrected chi connectivity index (χ1v) is 8.91. The number of imide groups is 1. The van der Waals surface area contributed by atoms with Gasteiger partial charge in [-0.15, -0.1) is 0 Å². The van der Waals surface area contributed by atoms with Gasteiger partial charge in [-0.05, 0) is 41.5 Å². The number of rotatable bonds is 4. The first-order valence-electron chi connectivity index (χ1n) is 8.12. The zero-order valence-electron chi connectivity index (χ0n) is 14.3. The molecule has 0 atom stereocenters. The number of hydrogen-bond donors (Lipinski definition) is 1. The van der Waals surface area contributed by atoms with Gasteiger partial charge < -0.3 is 19.5 Å². The Labute approximate surface area is 163 Å². The van der Waals surface area contributed by atoms with Crippen LogP contribution >= 0.6 is 15.9 Å². The molecule has 1 N–H and O–H groups in total. The lowest BCUT2D eigenvalue weighted by atomic mass is 10.1. The molecule has 8 heteroatoms. The van der Waals surface area contributed by atoms with E-state index < -0.39 is 6.03 Å². The van der Waals surface area contributed by atoms with Crippen LogP contribution in [0.1, 0.15) is 11.1 Å². The highest BCUT2D eigenvalue weighted by Gasteiger charge is 2.33. The smallest absolute Gasteiger partial charge is 0.329 e. The van der Waals surface area contributed by atoms with Crippen LogP contribution in [-0.4, -0.2) is 30.7 Å². The molecule has 2 aliphatic heterocycles. The van der Waals surface area contributed by atoms with Gasteiger partial charge in [0, 0.05) is 4.47 Å². The molecule has 0 spiro atoms. The van der Waals surface area contributed by atoms with Gasteiger partial charge in [-0.1, -0.05) is 28.1 Å². The fraction of sp³-hybridized carbons (Fsp3) is 0.158. The largest absolute Gasteiger partial charge is 0.493 e. The maximum absolute atomic E-state index is 12.7. The van der Waals surface area contributed by atoms with Crippen molar-refractivity contribution in [2.75, 3.05) is 13.9 Å². The number of fused-ring (bicyclic) bond motifs is 1. The number of benzene rings is 2. The Bertz CT molecular complexity index is 955. The number of hydrogen-bond acceptors (Lipinski definition) is 5. The summed E-state index contributed by atoms with van der Waals surface area (Å²) < 4.78 is 17.0. The van der Waals surface area contributed by atoms with Crippen LogP contribution in [0.25, 0.3) is 6.08 Å². The highest BCUT2D eigenvalue weighted by Crippen LogP contribution is 2.42. The molecule has 0 aliphatic carbocycles. The van der Waals surface area contributed by atoms with Crippen LogP contribution in [-0.2, 0) is 11.3 Å². The number of carbonyl (C=O) groups is 2. The SMILES string of the molecule is COc1cc(/C=C2/NC(=O)N(Cc3ccc(Br)cc3)C2=O)cc2c1OCO2. The van der Waals surface area contributed by atoms with E-state index in [0.29, 0.717) is 22.8 Å². The molecule has 4 rings (SSSR count). The van der Waals surface area contributed by atoms with E-state index in [1.165, 1.54) is 12.0 Å². The van der Waals surface area contributed by atoms with Crippen molar-refractivity contribution in [2.24, 2.45) is 0 Å². The van der Waals surface area contributed by atoms with E-state index >= 15 is 0 Å². The average Bonchev–Trinajstić information content (AvgIpc) is 3.23. The van der Waals surface area contributed by atoms with E-state index in [-0.39, 0.29) is 24.9 Å². The molecule has 2 aromatic carbocycles. The van der Waals surface area contributed by atoms with E-state index in [4.69, 9.17) is 14.2 Å². The predicted molar refractivity (Wildman–Crippen MR) is 100 cm³/mol. The van der Waals surface area contributed by atoms with Gasteiger partial charge in [0.1, 0.15) is 5.70 Å². The molecule has 0 radical (unpaired) electrons. The summed E-state index contributed by atoms with van der Waals surface area (Å²) in [5, 5.41) is 2.62. The van der Waals surface area contributed by atoms with Crippen LogP contribution in [0.2, 0.25) is 0 Å². The van der Waals surface area contributed by atoms with Crippen molar-refractivity contribution >= 4 is 33.9 Å². The van der Waals surface area contributed by atoms with E-state index in [2.05, 4.69) is 21.2 Å². The zero-order chi connectivity index (χ0) is 19.0. The first kappa shape index (κ1) is 17.4. The first-order chi connectivity index (χ1) is 13.0. The monoisotopic (exact) mass is 430 g/mol. The maximum atomic E-state index is 12.7. The van der Waals surface area contributed by atoms with Crippen LogP contribution in [0, 0.1) is 0 Å². The van der Waals surface area contributed by atoms with Crippen molar-refractivity contribution in [3.8, 4) is 17.2 Å². The minimum absolute atomic E-state index is 0.113. The second kappa shape index (κ2) is 6.96. The molecule has 7 nitrogen and oxygen atoms in total. The summed E-state index contributed by atoms with van der Waals surface area (Å²) >= 11 is 3.36. The Hall–Kier alpha value is -3.00. The van der Waals surface area contributed by atoms with Crippen LogP contribution in [0.3, 0.4) is 0 Å². The van der Waals surface area contributed by atoms with E-state index in [0.717, 1.165) is 10.0 Å². The highest BCUT2D eigenvalue weighted by atomic mass is 79.9.